The topological polar surface area (TPSA) is 93.1 Å². The molecule has 0 aliphatic carbocycles. The lowest BCUT2D eigenvalue weighted by atomic mass is 9.92. The molecule has 1 atom stereocenters. The minimum atomic E-state index is -1.12. The summed E-state index contributed by atoms with van der Waals surface area (Å²) in [6, 6.07) is 0. The lowest BCUT2D eigenvalue weighted by molar-refractivity contribution is -0.155. The maximum Gasteiger partial charge on any atom is 0.309 e. The van der Waals surface area contributed by atoms with Crippen LogP contribution in [0.5, 0.6) is 0 Å². The number of allylic oxidation sites excluding steroid dienone is 2. The summed E-state index contributed by atoms with van der Waals surface area (Å²) >= 11 is 0. The third kappa shape index (κ3) is 45.0. The van der Waals surface area contributed by atoms with Crippen LogP contribution in [0.1, 0.15) is 341 Å². The summed E-state index contributed by atoms with van der Waals surface area (Å²) in [7, 11) is 0. The molecule has 0 aromatic rings. The number of esters is 2. The number of hydrogen-bond donors (Lipinski definition) is 2. The molecule has 6 nitrogen and oxygen atoms in total. The highest BCUT2D eigenvalue weighted by molar-refractivity contribution is 5.80. The van der Waals surface area contributed by atoms with Gasteiger partial charge in [-0.05, 0) is 32.1 Å². The zero-order valence-corrected chi connectivity index (χ0v) is 46.4. The Hall–Kier alpha value is -1.40. The van der Waals surface area contributed by atoms with Crippen molar-refractivity contribution in [3.63, 3.8) is 0 Å². The van der Waals surface area contributed by atoms with Crippen LogP contribution in [0.4, 0.5) is 0 Å². The molecule has 0 amide bonds. The number of cyclic esters (lactones) is 2. The molecule has 0 aromatic carbocycles. The van der Waals surface area contributed by atoms with Crippen molar-refractivity contribution in [2.75, 3.05) is 26.4 Å². The Bertz CT molecular complexity index is 1090. The normalized spacial score (nSPS) is 15.4. The molecule has 0 spiro atoms. The first kappa shape index (κ1) is 65.6. The fraction of sp³-hybridized carbons (Fsp3) is 0.937. The first-order valence-electron chi connectivity index (χ1n) is 31.3. The Morgan fingerprint density at radius 2 is 0.623 bits per heavy atom. The van der Waals surface area contributed by atoms with Crippen LogP contribution in [-0.2, 0) is 19.1 Å². The highest BCUT2D eigenvalue weighted by Crippen LogP contribution is 2.25. The Morgan fingerprint density at radius 1 is 0.377 bits per heavy atom. The summed E-state index contributed by atoms with van der Waals surface area (Å²) in [6.07, 6.45) is 75.7. The first-order valence-corrected chi connectivity index (χ1v) is 31.3. The molecule has 0 aromatic heterocycles. The van der Waals surface area contributed by atoms with Gasteiger partial charge in [-0.3, -0.25) is 9.59 Å². The van der Waals surface area contributed by atoms with Crippen molar-refractivity contribution in [3.05, 3.63) is 12.2 Å². The number of carbonyl (C=O) groups is 2. The molecule has 1 saturated heterocycles. The average molecular weight is 974 g/mol. The third-order valence-electron chi connectivity index (χ3n) is 15.5. The number of aliphatic hydroxyl groups excluding tert-OH is 2. The highest BCUT2D eigenvalue weighted by Gasteiger charge is 2.36. The monoisotopic (exact) mass is 973 g/mol. The molecule has 2 N–H and O–H groups in total. The molecule has 408 valence electrons. The SMILES string of the molecule is CCCCCCCCCCCCCCCCCCCCCCCCCCCCCCCCCCC/C=C/CCCCCCCCCCCCCCCCCC1CC(=O)OCC(CO)(CO)COC1=O. The van der Waals surface area contributed by atoms with Gasteiger partial charge in [0.25, 0.3) is 0 Å². The number of rotatable bonds is 54. The average Bonchev–Trinajstić information content (AvgIpc) is 3.41. The van der Waals surface area contributed by atoms with E-state index in [9.17, 15) is 19.8 Å². The van der Waals surface area contributed by atoms with E-state index in [4.69, 9.17) is 9.47 Å². The van der Waals surface area contributed by atoms with E-state index < -0.39 is 36.5 Å². The van der Waals surface area contributed by atoms with Crippen molar-refractivity contribution >= 4 is 11.9 Å². The lowest BCUT2D eigenvalue weighted by Gasteiger charge is -2.27. The van der Waals surface area contributed by atoms with Crippen molar-refractivity contribution in [1.82, 2.24) is 0 Å². The molecule has 0 saturated carbocycles. The second-order valence-electron chi connectivity index (χ2n) is 22.4. The predicted octanol–water partition coefficient (Wildman–Crippen LogP) is 19.5. The Balaban J connectivity index is 1.69. The largest absolute Gasteiger partial charge is 0.465 e. The molecule has 1 rings (SSSR count). The molecule has 6 heteroatoms. The van der Waals surface area contributed by atoms with Gasteiger partial charge in [0.05, 0.1) is 31.0 Å². The van der Waals surface area contributed by atoms with E-state index in [1.165, 1.54) is 302 Å². The van der Waals surface area contributed by atoms with E-state index in [-0.39, 0.29) is 19.6 Å². The van der Waals surface area contributed by atoms with Gasteiger partial charge in [-0.2, -0.15) is 0 Å². The number of hydrogen-bond acceptors (Lipinski definition) is 6. The van der Waals surface area contributed by atoms with Crippen molar-refractivity contribution < 1.29 is 29.3 Å². The molecule has 1 fully saturated rings. The van der Waals surface area contributed by atoms with Crippen LogP contribution in [0.15, 0.2) is 12.2 Å². The zero-order chi connectivity index (χ0) is 49.7. The zero-order valence-electron chi connectivity index (χ0n) is 46.4. The van der Waals surface area contributed by atoms with E-state index in [0.717, 1.165) is 19.3 Å². The van der Waals surface area contributed by atoms with Crippen LogP contribution in [-0.4, -0.2) is 48.6 Å². The molecular formula is C63H120O6. The second-order valence-corrected chi connectivity index (χ2v) is 22.4. The van der Waals surface area contributed by atoms with Gasteiger partial charge in [0.1, 0.15) is 13.2 Å². The Kier molecular flexibility index (Phi) is 50.3. The summed E-state index contributed by atoms with van der Waals surface area (Å²) < 4.78 is 10.6. The third-order valence-corrected chi connectivity index (χ3v) is 15.5. The number of unbranched alkanes of at least 4 members (excludes halogenated alkanes) is 48. The smallest absolute Gasteiger partial charge is 0.309 e. The minimum Gasteiger partial charge on any atom is -0.465 e. The standard InChI is InChI=1S/C63H120O6/c1-2-3-4-5-6-7-8-9-10-11-12-13-14-15-16-17-18-19-20-21-22-23-24-25-26-27-28-29-30-31-32-33-34-35-36-37-38-39-40-41-42-43-44-45-46-47-48-49-50-51-52-53-54-60-55-61(66)68-58-63(56-64,57-65)59-69-62(60)67/h36-37,60,64-65H,2-35,38-59H2,1H3/b37-36+. The second kappa shape index (κ2) is 52.9. The van der Waals surface area contributed by atoms with Gasteiger partial charge in [-0.1, -0.05) is 314 Å². The van der Waals surface area contributed by atoms with Gasteiger partial charge in [-0.15, -0.1) is 0 Å². The van der Waals surface area contributed by atoms with Gasteiger partial charge in [0, 0.05) is 0 Å². The maximum absolute atomic E-state index is 12.5. The molecule has 1 unspecified atom stereocenters. The quantitative estimate of drug-likeness (QED) is 0.0358. The van der Waals surface area contributed by atoms with Crippen molar-refractivity contribution in [2.45, 2.75) is 341 Å². The van der Waals surface area contributed by atoms with Crippen LogP contribution < -0.4 is 0 Å². The van der Waals surface area contributed by atoms with Crippen molar-refractivity contribution in [2.24, 2.45) is 11.3 Å². The van der Waals surface area contributed by atoms with E-state index in [1.54, 1.807) is 0 Å². The van der Waals surface area contributed by atoms with Crippen LogP contribution in [0.25, 0.3) is 0 Å². The first-order chi connectivity index (χ1) is 34.1. The lowest BCUT2D eigenvalue weighted by Crippen LogP contribution is -2.40. The van der Waals surface area contributed by atoms with Gasteiger partial charge in [0.15, 0.2) is 0 Å². The van der Waals surface area contributed by atoms with E-state index in [2.05, 4.69) is 19.1 Å². The van der Waals surface area contributed by atoms with Crippen LogP contribution >= 0.6 is 0 Å². The number of carbonyl (C=O) groups excluding carboxylic acids is 2. The predicted molar refractivity (Wildman–Crippen MR) is 297 cm³/mol. The fourth-order valence-corrected chi connectivity index (χ4v) is 10.4. The van der Waals surface area contributed by atoms with Gasteiger partial charge in [-0.25, -0.2) is 0 Å². The van der Waals surface area contributed by atoms with E-state index in [1.807, 2.05) is 0 Å². The summed E-state index contributed by atoms with van der Waals surface area (Å²) in [6.45, 7) is 1.21. The molecular weight excluding hydrogens is 853 g/mol. The van der Waals surface area contributed by atoms with Crippen molar-refractivity contribution in [3.8, 4) is 0 Å². The summed E-state index contributed by atoms with van der Waals surface area (Å²) in [4.78, 5) is 24.7. The van der Waals surface area contributed by atoms with E-state index in [0.29, 0.717) is 6.42 Å². The number of aliphatic hydroxyl groups is 2. The fourth-order valence-electron chi connectivity index (χ4n) is 10.4. The van der Waals surface area contributed by atoms with Gasteiger partial charge < -0.3 is 19.7 Å². The maximum atomic E-state index is 12.5. The Labute approximate surface area is 430 Å². The van der Waals surface area contributed by atoms with Crippen LogP contribution in [0.3, 0.4) is 0 Å². The summed E-state index contributed by atoms with van der Waals surface area (Å²) in [5, 5.41) is 19.2. The van der Waals surface area contributed by atoms with Gasteiger partial charge >= 0.3 is 11.9 Å². The summed E-state index contributed by atoms with van der Waals surface area (Å²) in [5.74, 6) is -1.40. The molecule has 69 heavy (non-hydrogen) atoms. The highest BCUT2D eigenvalue weighted by atomic mass is 16.6. The van der Waals surface area contributed by atoms with Crippen LogP contribution in [0.2, 0.25) is 0 Å². The molecule has 0 radical (unpaired) electrons. The number of ether oxygens (including phenoxy) is 2. The van der Waals surface area contributed by atoms with Crippen molar-refractivity contribution in [1.29, 1.82) is 0 Å². The molecule has 0 bridgehead atoms. The van der Waals surface area contributed by atoms with E-state index >= 15 is 0 Å². The minimum absolute atomic E-state index is 0.00318. The Morgan fingerprint density at radius 3 is 0.899 bits per heavy atom. The van der Waals surface area contributed by atoms with Crippen LogP contribution in [0, 0.1) is 11.3 Å². The van der Waals surface area contributed by atoms with Gasteiger partial charge in [0.2, 0.25) is 0 Å². The molecule has 1 aliphatic heterocycles. The molecule has 1 aliphatic rings. The summed E-state index contributed by atoms with van der Waals surface area (Å²) in [5.41, 5.74) is -1.12. The molecule has 1 heterocycles.